The lowest BCUT2D eigenvalue weighted by Gasteiger charge is -2.33. The van der Waals surface area contributed by atoms with Gasteiger partial charge in [0.25, 0.3) is 0 Å². The third-order valence-corrected chi connectivity index (χ3v) is 5.23. The Bertz CT molecular complexity index is 508. The van der Waals surface area contributed by atoms with Crippen molar-refractivity contribution < 1.29 is 4.79 Å². The van der Waals surface area contributed by atoms with Gasteiger partial charge < -0.3 is 5.32 Å². The smallest absolute Gasteiger partial charge is 0.224 e. The van der Waals surface area contributed by atoms with Crippen LogP contribution in [-0.4, -0.2) is 29.9 Å². The van der Waals surface area contributed by atoms with Crippen LogP contribution in [0.15, 0.2) is 24.3 Å². The molecule has 1 atom stereocenters. The van der Waals surface area contributed by atoms with E-state index < -0.39 is 0 Å². The Hall–Kier alpha value is -1.35. The van der Waals surface area contributed by atoms with E-state index in [1.807, 2.05) is 0 Å². The van der Waals surface area contributed by atoms with Gasteiger partial charge in [0.1, 0.15) is 0 Å². The van der Waals surface area contributed by atoms with E-state index >= 15 is 0 Å². The predicted octanol–water partition coefficient (Wildman–Crippen LogP) is 3.27. The van der Waals surface area contributed by atoms with Gasteiger partial charge in [-0.05, 0) is 50.3 Å². The third-order valence-electron chi connectivity index (χ3n) is 5.23. The molecule has 3 rings (SSSR count). The van der Waals surface area contributed by atoms with Crippen LogP contribution in [0.4, 0.5) is 0 Å². The summed E-state index contributed by atoms with van der Waals surface area (Å²) in [5.74, 6) is 0.472. The van der Waals surface area contributed by atoms with E-state index in [9.17, 15) is 4.79 Å². The van der Waals surface area contributed by atoms with E-state index in [2.05, 4.69) is 41.4 Å². The highest BCUT2D eigenvalue weighted by Crippen LogP contribution is 2.22. The number of benzene rings is 1. The van der Waals surface area contributed by atoms with Crippen LogP contribution in [0, 0.1) is 12.8 Å². The van der Waals surface area contributed by atoms with Gasteiger partial charge in [0, 0.05) is 19.1 Å². The predicted molar refractivity (Wildman–Crippen MR) is 89.6 cm³/mol. The van der Waals surface area contributed by atoms with Gasteiger partial charge in [0.15, 0.2) is 0 Å². The number of hydrogen-bond acceptors (Lipinski definition) is 2. The molecular formula is C19H28N2O. The Kier molecular flexibility index (Phi) is 5.14. The molecule has 1 aliphatic heterocycles. The van der Waals surface area contributed by atoms with Crippen LogP contribution in [0.1, 0.15) is 49.7 Å². The summed E-state index contributed by atoms with van der Waals surface area (Å²) in [5.41, 5.74) is 2.74. The second-order valence-corrected chi connectivity index (χ2v) is 6.99. The van der Waals surface area contributed by atoms with Gasteiger partial charge in [-0.15, -0.1) is 0 Å². The molecule has 0 aromatic heterocycles. The number of aryl methyl sites for hydroxylation is 1. The fraction of sp³-hybridized carbons (Fsp3) is 0.632. The molecule has 120 valence electrons. The van der Waals surface area contributed by atoms with E-state index in [0.717, 1.165) is 32.5 Å². The molecule has 1 amide bonds. The first-order valence-corrected chi connectivity index (χ1v) is 8.79. The Morgan fingerprint density at radius 1 is 1.18 bits per heavy atom. The summed E-state index contributed by atoms with van der Waals surface area (Å²) >= 11 is 0. The molecule has 3 nitrogen and oxygen atoms in total. The van der Waals surface area contributed by atoms with Crippen LogP contribution < -0.4 is 5.32 Å². The second kappa shape index (κ2) is 7.28. The van der Waals surface area contributed by atoms with E-state index in [1.165, 1.54) is 36.8 Å². The molecule has 0 radical (unpaired) electrons. The van der Waals surface area contributed by atoms with E-state index in [4.69, 9.17) is 0 Å². The van der Waals surface area contributed by atoms with Crippen molar-refractivity contribution in [2.45, 2.75) is 58.0 Å². The first kappa shape index (κ1) is 15.5. The summed E-state index contributed by atoms with van der Waals surface area (Å²) in [6.45, 7) is 5.16. The first-order chi connectivity index (χ1) is 10.7. The number of nitrogens with zero attached hydrogens (tertiary/aromatic N) is 1. The minimum atomic E-state index is 0.179. The van der Waals surface area contributed by atoms with Crippen molar-refractivity contribution in [3.8, 4) is 0 Å². The van der Waals surface area contributed by atoms with Crippen molar-refractivity contribution in [3.63, 3.8) is 0 Å². The number of nitrogens with one attached hydrogen (secondary N) is 1. The molecule has 1 saturated carbocycles. The topological polar surface area (TPSA) is 32.3 Å². The van der Waals surface area contributed by atoms with Crippen molar-refractivity contribution in [1.82, 2.24) is 10.2 Å². The molecule has 1 saturated heterocycles. The molecule has 2 aliphatic rings. The minimum Gasteiger partial charge on any atom is -0.353 e. The van der Waals surface area contributed by atoms with Gasteiger partial charge in [-0.3, -0.25) is 9.69 Å². The number of carbonyl (C=O) groups is 1. The monoisotopic (exact) mass is 300 g/mol. The van der Waals surface area contributed by atoms with Gasteiger partial charge in [-0.1, -0.05) is 37.1 Å². The van der Waals surface area contributed by atoms with Crippen molar-refractivity contribution in [2.75, 3.05) is 13.1 Å². The van der Waals surface area contributed by atoms with Crippen LogP contribution in [0.2, 0.25) is 0 Å². The largest absolute Gasteiger partial charge is 0.353 e. The van der Waals surface area contributed by atoms with Gasteiger partial charge in [0.2, 0.25) is 5.91 Å². The average Bonchev–Trinajstić information content (AvgIpc) is 3.03. The summed E-state index contributed by atoms with van der Waals surface area (Å²) in [5, 5.41) is 3.28. The van der Waals surface area contributed by atoms with Crippen molar-refractivity contribution in [1.29, 1.82) is 0 Å². The molecule has 1 aliphatic carbocycles. The van der Waals surface area contributed by atoms with E-state index in [1.54, 1.807) is 0 Å². The maximum absolute atomic E-state index is 12.5. The lowest BCUT2D eigenvalue weighted by molar-refractivity contribution is -0.127. The highest BCUT2D eigenvalue weighted by molar-refractivity contribution is 5.79. The normalized spacial score (nSPS) is 23.6. The molecule has 0 bridgehead atoms. The molecular weight excluding hydrogens is 272 g/mol. The average molecular weight is 300 g/mol. The molecule has 2 fully saturated rings. The zero-order chi connectivity index (χ0) is 15.4. The number of amides is 1. The van der Waals surface area contributed by atoms with Crippen molar-refractivity contribution >= 4 is 5.91 Å². The SMILES string of the molecule is Cc1ccccc1CN1CCCC(C(=O)NC2CCCC2)C1. The van der Waals surface area contributed by atoms with E-state index in [-0.39, 0.29) is 5.92 Å². The zero-order valence-electron chi connectivity index (χ0n) is 13.7. The summed E-state index contributed by atoms with van der Waals surface area (Å²) in [7, 11) is 0. The number of hydrogen-bond donors (Lipinski definition) is 1. The highest BCUT2D eigenvalue weighted by atomic mass is 16.2. The lowest BCUT2D eigenvalue weighted by Crippen LogP contribution is -2.45. The van der Waals surface area contributed by atoms with Crippen molar-refractivity contribution in [3.05, 3.63) is 35.4 Å². The molecule has 0 spiro atoms. The fourth-order valence-electron chi connectivity index (χ4n) is 3.83. The first-order valence-electron chi connectivity index (χ1n) is 8.79. The van der Waals surface area contributed by atoms with Gasteiger partial charge in [-0.2, -0.15) is 0 Å². The Labute approximate surface area is 134 Å². The number of piperidine rings is 1. The molecule has 1 heterocycles. The quantitative estimate of drug-likeness (QED) is 0.925. The Balaban J connectivity index is 1.54. The molecule has 1 aromatic rings. The minimum absolute atomic E-state index is 0.179. The van der Waals surface area contributed by atoms with Crippen LogP contribution in [0.25, 0.3) is 0 Å². The fourth-order valence-corrected chi connectivity index (χ4v) is 3.83. The number of rotatable bonds is 4. The Morgan fingerprint density at radius 3 is 2.73 bits per heavy atom. The second-order valence-electron chi connectivity index (χ2n) is 6.99. The van der Waals surface area contributed by atoms with Gasteiger partial charge in [-0.25, -0.2) is 0 Å². The number of likely N-dealkylation sites (tertiary alicyclic amines) is 1. The maximum Gasteiger partial charge on any atom is 0.224 e. The van der Waals surface area contributed by atoms with Crippen LogP contribution >= 0.6 is 0 Å². The zero-order valence-corrected chi connectivity index (χ0v) is 13.7. The van der Waals surface area contributed by atoms with Crippen molar-refractivity contribution in [2.24, 2.45) is 5.92 Å². The molecule has 1 N–H and O–H groups in total. The summed E-state index contributed by atoms with van der Waals surface area (Å²) < 4.78 is 0. The summed E-state index contributed by atoms with van der Waals surface area (Å²) in [4.78, 5) is 14.9. The van der Waals surface area contributed by atoms with Gasteiger partial charge in [0.05, 0.1) is 5.92 Å². The van der Waals surface area contributed by atoms with Crippen LogP contribution in [-0.2, 0) is 11.3 Å². The molecule has 1 aromatic carbocycles. The highest BCUT2D eigenvalue weighted by Gasteiger charge is 2.28. The maximum atomic E-state index is 12.5. The third kappa shape index (κ3) is 3.89. The standard InChI is InChI=1S/C19H28N2O/c1-15-7-2-3-8-16(15)13-21-12-6-9-17(14-21)19(22)20-18-10-4-5-11-18/h2-3,7-8,17-18H,4-6,9-14H2,1H3,(H,20,22). The number of carbonyl (C=O) groups excluding carboxylic acids is 1. The van der Waals surface area contributed by atoms with Crippen LogP contribution in [0.3, 0.4) is 0 Å². The molecule has 3 heteroatoms. The van der Waals surface area contributed by atoms with Crippen LogP contribution in [0.5, 0.6) is 0 Å². The Morgan fingerprint density at radius 2 is 1.95 bits per heavy atom. The summed E-state index contributed by atoms with van der Waals surface area (Å²) in [6.07, 6.45) is 7.07. The molecule has 1 unspecified atom stereocenters. The lowest BCUT2D eigenvalue weighted by atomic mass is 9.96. The summed E-state index contributed by atoms with van der Waals surface area (Å²) in [6, 6.07) is 9.02. The van der Waals surface area contributed by atoms with E-state index in [0.29, 0.717) is 11.9 Å². The van der Waals surface area contributed by atoms with Gasteiger partial charge >= 0.3 is 0 Å². The molecule has 22 heavy (non-hydrogen) atoms.